The lowest BCUT2D eigenvalue weighted by Crippen LogP contribution is -2.03. The van der Waals surface area contributed by atoms with E-state index in [4.69, 9.17) is 18.9 Å². The topological polar surface area (TPSA) is 94.5 Å². The van der Waals surface area contributed by atoms with Crippen LogP contribution in [0.4, 0.5) is 0 Å². The molecule has 2 N–H and O–H groups in total. The summed E-state index contributed by atoms with van der Waals surface area (Å²) < 4.78 is 21.5. The molecule has 2 aromatic carbocycles. The smallest absolute Gasteiger partial charge is 0.203 e. The van der Waals surface area contributed by atoms with E-state index in [-0.39, 0.29) is 29.5 Å². The maximum Gasteiger partial charge on any atom is 0.203 e. The van der Waals surface area contributed by atoms with E-state index in [0.29, 0.717) is 40.4 Å². The van der Waals surface area contributed by atoms with Crippen LogP contribution in [0.5, 0.6) is 34.5 Å². The molecule has 0 radical (unpaired) electrons. The van der Waals surface area contributed by atoms with Gasteiger partial charge in [0.15, 0.2) is 28.8 Å². The van der Waals surface area contributed by atoms with E-state index >= 15 is 0 Å². The highest BCUT2D eigenvalue weighted by atomic mass is 16.5. The van der Waals surface area contributed by atoms with Crippen LogP contribution in [0.3, 0.4) is 0 Å². The van der Waals surface area contributed by atoms with Gasteiger partial charge in [-0.1, -0.05) is 0 Å². The molecule has 0 aromatic heterocycles. The molecule has 0 unspecified atom stereocenters. The molecule has 0 amide bonds. The summed E-state index contributed by atoms with van der Waals surface area (Å²) in [6.07, 6.45) is 2.24. The molecule has 1 aliphatic carbocycles. The Morgan fingerprint density at radius 3 is 1.93 bits per heavy atom. The van der Waals surface area contributed by atoms with Gasteiger partial charge in [-0.3, -0.25) is 4.79 Å². The molecule has 0 aliphatic heterocycles. The minimum atomic E-state index is -0.232. The third kappa shape index (κ3) is 3.19. The SMILES string of the molecule is COc1cc2c(c(OC)c1OC)CCC(=O)C=C2c1cc(O)c(OC)c(O)c1. The molecule has 28 heavy (non-hydrogen) atoms. The largest absolute Gasteiger partial charge is 0.504 e. The monoisotopic (exact) mass is 386 g/mol. The van der Waals surface area contributed by atoms with Crippen LogP contribution >= 0.6 is 0 Å². The lowest BCUT2D eigenvalue weighted by Gasteiger charge is -2.20. The number of hydrogen-bond acceptors (Lipinski definition) is 7. The van der Waals surface area contributed by atoms with Gasteiger partial charge in [-0.2, -0.15) is 0 Å². The van der Waals surface area contributed by atoms with Gasteiger partial charge in [0, 0.05) is 12.0 Å². The lowest BCUT2D eigenvalue weighted by atomic mass is 9.92. The van der Waals surface area contributed by atoms with Gasteiger partial charge in [-0.05, 0) is 47.4 Å². The van der Waals surface area contributed by atoms with Crippen molar-refractivity contribution in [2.24, 2.45) is 0 Å². The predicted octanol–water partition coefficient (Wildman–Crippen LogP) is 3.08. The molecule has 0 atom stereocenters. The van der Waals surface area contributed by atoms with Gasteiger partial charge in [0.25, 0.3) is 0 Å². The van der Waals surface area contributed by atoms with Crippen molar-refractivity contribution in [3.63, 3.8) is 0 Å². The van der Waals surface area contributed by atoms with Crippen LogP contribution in [0.2, 0.25) is 0 Å². The molecule has 0 fully saturated rings. The summed E-state index contributed by atoms with van der Waals surface area (Å²) in [6.45, 7) is 0. The summed E-state index contributed by atoms with van der Waals surface area (Å²) in [5, 5.41) is 20.4. The minimum absolute atomic E-state index is 0.0330. The number of ketones is 1. The molecule has 2 aromatic rings. The Morgan fingerprint density at radius 1 is 0.786 bits per heavy atom. The van der Waals surface area contributed by atoms with Crippen molar-refractivity contribution in [3.8, 4) is 34.5 Å². The van der Waals surface area contributed by atoms with Crippen LogP contribution in [0.25, 0.3) is 5.57 Å². The third-order valence-corrected chi connectivity index (χ3v) is 4.71. The van der Waals surface area contributed by atoms with E-state index in [1.165, 1.54) is 46.6 Å². The molecule has 0 spiro atoms. The number of methoxy groups -OCH3 is 4. The van der Waals surface area contributed by atoms with Gasteiger partial charge < -0.3 is 29.2 Å². The van der Waals surface area contributed by atoms with Gasteiger partial charge in [0.05, 0.1) is 28.4 Å². The fourth-order valence-corrected chi connectivity index (χ4v) is 3.47. The van der Waals surface area contributed by atoms with Crippen molar-refractivity contribution in [2.45, 2.75) is 12.8 Å². The average molecular weight is 386 g/mol. The number of allylic oxidation sites excluding steroid dienone is 1. The van der Waals surface area contributed by atoms with Gasteiger partial charge in [0.1, 0.15) is 0 Å². The molecule has 0 bridgehead atoms. The molecule has 3 rings (SSSR count). The van der Waals surface area contributed by atoms with E-state index < -0.39 is 0 Å². The molecule has 0 heterocycles. The first-order valence-electron chi connectivity index (χ1n) is 8.62. The molecular formula is C21H22O7. The van der Waals surface area contributed by atoms with Crippen LogP contribution in [0.15, 0.2) is 24.3 Å². The first-order valence-corrected chi connectivity index (χ1v) is 8.62. The summed E-state index contributed by atoms with van der Waals surface area (Å²) in [4.78, 5) is 12.4. The van der Waals surface area contributed by atoms with E-state index in [1.807, 2.05) is 0 Å². The maximum atomic E-state index is 12.4. The van der Waals surface area contributed by atoms with Crippen LogP contribution in [-0.2, 0) is 11.2 Å². The van der Waals surface area contributed by atoms with Gasteiger partial charge in [-0.25, -0.2) is 0 Å². The van der Waals surface area contributed by atoms with E-state index in [9.17, 15) is 15.0 Å². The Morgan fingerprint density at radius 2 is 1.39 bits per heavy atom. The quantitative estimate of drug-likeness (QED) is 0.815. The Kier molecular flexibility index (Phi) is 5.35. The predicted molar refractivity (Wildman–Crippen MR) is 103 cm³/mol. The number of benzene rings is 2. The normalized spacial score (nSPS) is 13.3. The number of hydrogen-bond donors (Lipinski definition) is 2. The highest BCUT2D eigenvalue weighted by Crippen LogP contribution is 2.47. The molecule has 7 nitrogen and oxygen atoms in total. The summed E-state index contributed by atoms with van der Waals surface area (Å²) in [7, 11) is 5.91. The van der Waals surface area contributed by atoms with E-state index in [1.54, 1.807) is 6.07 Å². The number of rotatable bonds is 5. The Bertz CT molecular complexity index is 937. The Hall–Kier alpha value is -3.35. The van der Waals surface area contributed by atoms with Gasteiger partial charge >= 0.3 is 0 Å². The number of aromatic hydroxyl groups is 2. The second-order valence-corrected chi connectivity index (χ2v) is 6.24. The molecule has 0 saturated heterocycles. The minimum Gasteiger partial charge on any atom is -0.504 e. The fourth-order valence-electron chi connectivity index (χ4n) is 3.47. The average Bonchev–Trinajstić information content (AvgIpc) is 2.85. The van der Waals surface area contributed by atoms with Crippen LogP contribution in [-0.4, -0.2) is 44.4 Å². The van der Waals surface area contributed by atoms with Crippen molar-refractivity contribution in [1.29, 1.82) is 0 Å². The van der Waals surface area contributed by atoms with Crippen LogP contribution < -0.4 is 18.9 Å². The number of fused-ring (bicyclic) bond motifs is 1. The number of carbonyl (C=O) groups excluding carboxylic acids is 1. The summed E-state index contributed by atoms with van der Waals surface area (Å²) in [5.74, 6) is 0.793. The second-order valence-electron chi connectivity index (χ2n) is 6.24. The number of phenols is 2. The molecule has 0 saturated carbocycles. The van der Waals surface area contributed by atoms with Gasteiger partial charge in [0.2, 0.25) is 11.5 Å². The van der Waals surface area contributed by atoms with Crippen molar-refractivity contribution < 1.29 is 34.0 Å². The highest BCUT2D eigenvalue weighted by Gasteiger charge is 2.26. The number of carbonyl (C=O) groups is 1. The Labute approximate surface area is 162 Å². The zero-order chi connectivity index (χ0) is 20.4. The zero-order valence-electron chi connectivity index (χ0n) is 16.2. The maximum absolute atomic E-state index is 12.4. The Balaban J connectivity index is 2.31. The summed E-state index contributed by atoms with van der Waals surface area (Å²) >= 11 is 0. The number of phenolic OH excluding ortho intramolecular Hbond substituents is 2. The highest BCUT2D eigenvalue weighted by molar-refractivity contribution is 6.03. The first-order chi connectivity index (χ1) is 13.4. The molecule has 1 aliphatic rings. The summed E-state index contributed by atoms with van der Waals surface area (Å²) in [6, 6.07) is 4.64. The second kappa shape index (κ2) is 7.72. The van der Waals surface area contributed by atoms with Gasteiger partial charge in [-0.15, -0.1) is 0 Å². The van der Waals surface area contributed by atoms with E-state index in [2.05, 4.69) is 0 Å². The standard InChI is InChI=1S/C21H22O7/c1-25-18-10-15-13(19(26-2)21(18)28-4)6-5-12(22)9-14(15)11-7-16(23)20(27-3)17(24)8-11/h7-10,23-24H,5-6H2,1-4H3. The van der Waals surface area contributed by atoms with Crippen LogP contribution in [0.1, 0.15) is 23.1 Å². The third-order valence-electron chi connectivity index (χ3n) is 4.71. The molecule has 7 heteroatoms. The molecule has 148 valence electrons. The van der Waals surface area contributed by atoms with Crippen molar-refractivity contribution in [3.05, 3.63) is 41.0 Å². The van der Waals surface area contributed by atoms with Crippen LogP contribution in [0, 0.1) is 0 Å². The number of ether oxygens (including phenoxy) is 4. The zero-order valence-corrected chi connectivity index (χ0v) is 16.2. The van der Waals surface area contributed by atoms with Crippen molar-refractivity contribution >= 4 is 11.4 Å². The molecular weight excluding hydrogens is 364 g/mol. The lowest BCUT2D eigenvalue weighted by molar-refractivity contribution is -0.114. The first kappa shape index (κ1) is 19.4. The van der Waals surface area contributed by atoms with E-state index in [0.717, 1.165) is 5.56 Å². The van der Waals surface area contributed by atoms with Crippen molar-refractivity contribution in [1.82, 2.24) is 0 Å². The van der Waals surface area contributed by atoms with Crippen molar-refractivity contribution in [2.75, 3.05) is 28.4 Å². The summed E-state index contributed by atoms with van der Waals surface area (Å²) in [5.41, 5.74) is 2.47. The fraction of sp³-hybridized carbons (Fsp3) is 0.286.